The van der Waals surface area contributed by atoms with Gasteiger partial charge in [0.15, 0.2) is 0 Å². The van der Waals surface area contributed by atoms with Gasteiger partial charge in [-0.2, -0.15) is 0 Å². The van der Waals surface area contributed by atoms with Gasteiger partial charge in [-0.1, -0.05) is 0 Å². The molecule has 0 bridgehead atoms. The van der Waals surface area contributed by atoms with E-state index in [0.717, 1.165) is 6.42 Å². The highest BCUT2D eigenvalue weighted by Gasteiger charge is 2.24. The monoisotopic (exact) mass is 300 g/mol. The van der Waals surface area contributed by atoms with Crippen LogP contribution in [0.2, 0.25) is 0 Å². The number of benzene rings is 1. The van der Waals surface area contributed by atoms with Gasteiger partial charge in [0.25, 0.3) is 5.91 Å². The third-order valence-electron chi connectivity index (χ3n) is 2.96. The van der Waals surface area contributed by atoms with E-state index in [0.29, 0.717) is 18.7 Å². The van der Waals surface area contributed by atoms with Crippen LogP contribution < -0.4 is 15.2 Å². The molecule has 0 radical (unpaired) electrons. The molecule has 20 heavy (non-hydrogen) atoms. The van der Waals surface area contributed by atoms with Gasteiger partial charge in [-0.05, 0) is 25.0 Å². The first-order valence-electron chi connectivity index (χ1n) is 6.05. The lowest BCUT2D eigenvalue weighted by atomic mass is 10.2. The standard InChI is InChI=1S/C12H16N2O5S/c1-18-10-7-8(4-5-11(10)20(13,16)17)14-12(15)9-3-2-6-19-9/h4-5,7,9H,2-3,6H2,1H3,(H,14,15)(H2,13,16,17). The first-order chi connectivity index (χ1) is 9.41. The number of rotatable bonds is 4. The Balaban J connectivity index is 2.19. The second kappa shape index (κ2) is 5.78. The number of nitrogens with two attached hydrogens (primary N) is 1. The highest BCUT2D eigenvalue weighted by Crippen LogP contribution is 2.26. The lowest BCUT2D eigenvalue weighted by Gasteiger charge is -2.12. The quantitative estimate of drug-likeness (QED) is 0.840. The maximum Gasteiger partial charge on any atom is 0.253 e. The number of hydrogen-bond donors (Lipinski definition) is 2. The molecule has 1 aliphatic rings. The average Bonchev–Trinajstić information content (AvgIpc) is 2.91. The van der Waals surface area contributed by atoms with Crippen molar-refractivity contribution in [2.24, 2.45) is 5.14 Å². The lowest BCUT2D eigenvalue weighted by Crippen LogP contribution is -2.26. The SMILES string of the molecule is COc1cc(NC(=O)C2CCCO2)ccc1S(N)(=O)=O. The molecular formula is C12H16N2O5S. The third kappa shape index (κ3) is 3.27. The molecule has 1 heterocycles. The molecular weight excluding hydrogens is 284 g/mol. The fraction of sp³-hybridized carbons (Fsp3) is 0.417. The van der Waals surface area contributed by atoms with Crippen LogP contribution in [0, 0.1) is 0 Å². The predicted octanol–water partition coefficient (Wildman–Crippen LogP) is 0.460. The number of carbonyl (C=O) groups is 1. The minimum Gasteiger partial charge on any atom is -0.495 e. The Morgan fingerprint density at radius 1 is 1.50 bits per heavy atom. The Morgan fingerprint density at radius 2 is 2.25 bits per heavy atom. The fourth-order valence-corrected chi connectivity index (χ4v) is 2.67. The summed E-state index contributed by atoms with van der Waals surface area (Å²) in [6.45, 7) is 0.575. The zero-order valence-electron chi connectivity index (χ0n) is 11.0. The summed E-state index contributed by atoms with van der Waals surface area (Å²) in [4.78, 5) is 11.7. The number of methoxy groups -OCH3 is 1. The predicted molar refractivity (Wildman–Crippen MR) is 72.0 cm³/mol. The zero-order valence-corrected chi connectivity index (χ0v) is 11.8. The molecule has 3 N–H and O–H groups in total. The van der Waals surface area contributed by atoms with E-state index >= 15 is 0 Å². The number of amides is 1. The lowest BCUT2D eigenvalue weighted by molar-refractivity contribution is -0.124. The van der Waals surface area contributed by atoms with Crippen molar-refractivity contribution in [3.05, 3.63) is 18.2 Å². The van der Waals surface area contributed by atoms with Crippen molar-refractivity contribution in [1.29, 1.82) is 0 Å². The molecule has 1 unspecified atom stereocenters. The second-order valence-electron chi connectivity index (χ2n) is 4.40. The number of primary sulfonamides is 1. The smallest absolute Gasteiger partial charge is 0.253 e. The summed E-state index contributed by atoms with van der Waals surface area (Å²) in [6, 6.07) is 4.15. The van der Waals surface area contributed by atoms with Crippen molar-refractivity contribution in [2.75, 3.05) is 19.0 Å². The number of carbonyl (C=O) groups excluding carboxylic acids is 1. The van der Waals surface area contributed by atoms with Crippen LogP contribution in [0.25, 0.3) is 0 Å². The minimum atomic E-state index is -3.87. The summed E-state index contributed by atoms with van der Waals surface area (Å²) in [5.74, 6) is -0.175. The normalized spacial score (nSPS) is 18.8. The third-order valence-corrected chi connectivity index (χ3v) is 3.91. The molecule has 1 aromatic rings. The number of sulfonamides is 1. The van der Waals surface area contributed by atoms with Gasteiger partial charge in [-0.15, -0.1) is 0 Å². The number of nitrogens with one attached hydrogen (secondary N) is 1. The van der Waals surface area contributed by atoms with Gasteiger partial charge in [-0.3, -0.25) is 4.79 Å². The Bertz CT molecular complexity index is 608. The van der Waals surface area contributed by atoms with Gasteiger partial charge in [0.2, 0.25) is 10.0 Å². The topological polar surface area (TPSA) is 108 Å². The Hall–Kier alpha value is -1.64. The summed E-state index contributed by atoms with van der Waals surface area (Å²) in [5, 5.41) is 7.73. The van der Waals surface area contributed by atoms with Crippen LogP contribution in [0.15, 0.2) is 23.1 Å². The van der Waals surface area contributed by atoms with Gasteiger partial charge in [0, 0.05) is 18.4 Å². The fourth-order valence-electron chi connectivity index (χ4n) is 1.99. The highest BCUT2D eigenvalue weighted by molar-refractivity contribution is 7.89. The zero-order chi connectivity index (χ0) is 14.8. The summed E-state index contributed by atoms with van der Waals surface area (Å²) in [5.41, 5.74) is 0.426. The van der Waals surface area contributed by atoms with Gasteiger partial charge >= 0.3 is 0 Å². The van der Waals surface area contributed by atoms with E-state index in [2.05, 4.69) is 5.32 Å². The van der Waals surface area contributed by atoms with Crippen molar-refractivity contribution >= 4 is 21.6 Å². The summed E-state index contributed by atoms with van der Waals surface area (Å²) >= 11 is 0. The number of anilines is 1. The van der Waals surface area contributed by atoms with Crippen molar-refractivity contribution in [1.82, 2.24) is 0 Å². The maximum atomic E-state index is 11.9. The van der Waals surface area contributed by atoms with E-state index in [1.807, 2.05) is 0 Å². The van der Waals surface area contributed by atoms with Crippen LogP contribution in [0.3, 0.4) is 0 Å². The van der Waals surface area contributed by atoms with Crippen molar-refractivity contribution < 1.29 is 22.7 Å². The first-order valence-corrected chi connectivity index (χ1v) is 7.60. The van der Waals surface area contributed by atoms with Crippen LogP contribution in [0.1, 0.15) is 12.8 Å². The average molecular weight is 300 g/mol. The van der Waals surface area contributed by atoms with E-state index in [1.54, 1.807) is 0 Å². The molecule has 0 aromatic heterocycles. The molecule has 7 nitrogen and oxygen atoms in total. The van der Waals surface area contributed by atoms with Gasteiger partial charge in [0.1, 0.15) is 16.7 Å². The number of hydrogen-bond acceptors (Lipinski definition) is 5. The molecule has 2 rings (SSSR count). The Kier molecular flexibility index (Phi) is 4.26. The molecule has 0 spiro atoms. The molecule has 1 amide bonds. The van der Waals surface area contributed by atoms with E-state index in [9.17, 15) is 13.2 Å². The van der Waals surface area contributed by atoms with E-state index in [-0.39, 0.29) is 16.6 Å². The van der Waals surface area contributed by atoms with Crippen LogP contribution in [0.5, 0.6) is 5.75 Å². The second-order valence-corrected chi connectivity index (χ2v) is 5.93. The van der Waals surface area contributed by atoms with Crippen LogP contribution in [-0.2, 0) is 19.6 Å². The molecule has 1 aliphatic heterocycles. The first kappa shape index (κ1) is 14.8. The highest BCUT2D eigenvalue weighted by atomic mass is 32.2. The Morgan fingerprint density at radius 3 is 2.80 bits per heavy atom. The largest absolute Gasteiger partial charge is 0.495 e. The van der Waals surface area contributed by atoms with E-state index in [4.69, 9.17) is 14.6 Å². The van der Waals surface area contributed by atoms with Crippen molar-refractivity contribution in [2.45, 2.75) is 23.8 Å². The molecule has 1 aromatic carbocycles. The minimum absolute atomic E-state index is 0.0811. The van der Waals surface area contributed by atoms with Crippen LogP contribution in [-0.4, -0.2) is 34.1 Å². The van der Waals surface area contributed by atoms with Gasteiger partial charge < -0.3 is 14.8 Å². The maximum absolute atomic E-state index is 11.9. The number of ether oxygens (including phenoxy) is 2. The molecule has 0 aliphatic carbocycles. The summed E-state index contributed by atoms with van der Waals surface area (Å²) in [6.07, 6.45) is 1.07. The molecule has 110 valence electrons. The van der Waals surface area contributed by atoms with Crippen LogP contribution >= 0.6 is 0 Å². The van der Waals surface area contributed by atoms with Gasteiger partial charge in [-0.25, -0.2) is 13.6 Å². The molecule has 8 heteroatoms. The molecule has 1 atom stereocenters. The van der Waals surface area contributed by atoms with Crippen molar-refractivity contribution in [3.63, 3.8) is 0 Å². The molecule has 1 fully saturated rings. The van der Waals surface area contributed by atoms with Crippen LogP contribution in [0.4, 0.5) is 5.69 Å². The Labute approximate surface area is 117 Å². The summed E-state index contributed by atoms with van der Waals surface area (Å²) in [7, 11) is -2.54. The van der Waals surface area contributed by atoms with E-state index < -0.39 is 16.1 Å². The van der Waals surface area contributed by atoms with Gasteiger partial charge in [0.05, 0.1) is 7.11 Å². The van der Waals surface area contributed by atoms with E-state index in [1.165, 1.54) is 25.3 Å². The molecule has 1 saturated heterocycles. The summed E-state index contributed by atoms with van der Waals surface area (Å²) < 4.78 is 32.9. The van der Waals surface area contributed by atoms with Crippen molar-refractivity contribution in [3.8, 4) is 5.75 Å². The molecule has 0 saturated carbocycles.